The summed E-state index contributed by atoms with van der Waals surface area (Å²) in [6, 6.07) is 0. The van der Waals surface area contributed by atoms with Gasteiger partial charge in [0.05, 0.1) is 11.9 Å². The monoisotopic (exact) mass is 237 g/mol. The molecule has 0 spiro atoms. The van der Waals surface area contributed by atoms with Crippen molar-refractivity contribution in [3.05, 3.63) is 11.9 Å². The number of rotatable bonds is 3. The molecule has 94 valence electrons. The van der Waals surface area contributed by atoms with E-state index in [-0.39, 0.29) is 5.91 Å². The van der Waals surface area contributed by atoms with E-state index in [1.54, 1.807) is 0 Å². The molecule has 0 atom stereocenters. The van der Waals surface area contributed by atoms with Gasteiger partial charge < -0.3 is 16.0 Å². The van der Waals surface area contributed by atoms with Crippen LogP contribution in [0, 0.1) is 5.92 Å². The van der Waals surface area contributed by atoms with Crippen molar-refractivity contribution < 1.29 is 4.79 Å². The van der Waals surface area contributed by atoms with E-state index in [1.807, 2.05) is 0 Å². The van der Waals surface area contributed by atoms with Gasteiger partial charge in [-0.25, -0.2) is 0 Å². The van der Waals surface area contributed by atoms with Crippen molar-refractivity contribution >= 4 is 11.6 Å². The highest BCUT2D eigenvalue weighted by molar-refractivity contribution is 5.96. The van der Waals surface area contributed by atoms with Crippen LogP contribution in [0.25, 0.3) is 0 Å². The maximum atomic E-state index is 11.8. The third-order valence-corrected chi connectivity index (χ3v) is 3.29. The van der Waals surface area contributed by atoms with Crippen LogP contribution in [0.2, 0.25) is 0 Å². The number of amides is 1. The molecule has 0 unspecified atom stereocenters. The summed E-state index contributed by atoms with van der Waals surface area (Å²) in [5.74, 6) is 0.401. The molecule has 1 saturated heterocycles. The van der Waals surface area contributed by atoms with Crippen molar-refractivity contribution in [2.45, 2.75) is 12.8 Å². The van der Waals surface area contributed by atoms with Crippen molar-refractivity contribution in [3.63, 3.8) is 0 Å². The molecule has 0 radical (unpaired) electrons. The number of nitrogens with one attached hydrogen (secondary N) is 2. The SMILES string of the molecule is CN1CCC(CNC(=O)c2[nH]ncc2N)CC1. The first-order valence-electron chi connectivity index (χ1n) is 5.92. The van der Waals surface area contributed by atoms with Crippen LogP contribution < -0.4 is 11.1 Å². The first kappa shape index (κ1) is 11.9. The highest BCUT2D eigenvalue weighted by atomic mass is 16.1. The van der Waals surface area contributed by atoms with Gasteiger partial charge in [0.25, 0.3) is 5.91 Å². The Bertz CT molecular complexity index is 381. The normalized spacial score (nSPS) is 18.2. The van der Waals surface area contributed by atoms with Gasteiger partial charge in [-0.05, 0) is 38.9 Å². The lowest BCUT2D eigenvalue weighted by molar-refractivity contribution is 0.0935. The molecule has 1 fully saturated rings. The van der Waals surface area contributed by atoms with E-state index in [4.69, 9.17) is 5.73 Å². The second-order valence-corrected chi connectivity index (χ2v) is 4.66. The highest BCUT2D eigenvalue weighted by Crippen LogP contribution is 2.15. The van der Waals surface area contributed by atoms with Crippen LogP contribution in [0.3, 0.4) is 0 Å². The number of aromatic nitrogens is 2. The van der Waals surface area contributed by atoms with Crippen molar-refractivity contribution in [2.24, 2.45) is 5.92 Å². The lowest BCUT2D eigenvalue weighted by Crippen LogP contribution is -2.37. The van der Waals surface area contributed by atoms with Gasteiger partial charge in [-0.2, -0.15) is 5.10 Å². The lowest BCUT2D eigenvalue weighted by Gasteiger charge is -2.28. The third-order valence-electron chi connectivity index (χ3n) is 3.29. The molecule has 1 aliphatic rings. The van der Waals surface area contributed by atoms with Crippen LogP contribution >= 0.6 is 0 Å². The van der Waals surface area contributed by atoms with Gasteiger partial charge in [-0.1, -0.05) is 0 Å². The Balaban J connectivity index is 1.79. The molecule has 1 aromatic heterocycles. The summed E-state index contributed by atoms with van der Waals surface area (Å²) in [4.78, 5) is 14.1. The smallest absolute Gasteiger partial charge is 0.271 e. The largest absolute Gasteiger partial charge is 0.396 e. The molecule has 0 bridgehead atoms. The predicted octanol–water partition coefficient (Wildman–Crippen LogP) is 0.0635. The third kappa shape index (κ3) is 2.97. The summed E-state index contributed by atoms with van der Waals surface area (Å²) in [6.07, 6.45) is 3.72. The van der Waals surface area contributed by atoms with Gasteiger partial charge in [-0.3, -0.25) is 9.89 Å². The van der Waals surface area contributed by atoms with Crippen molar-refractivity contribution in [1.82, 2.24) is 20.4 Å². The molecule has 2 heterocycles. The van der Waals surface area contributed by atoms with E-state index >= 15 is 0 Å². The fraction of sp³-hybridized carbons (Fsp3) is 0.636. The molecule has 0 aliphatic carbocycles. The van der Waals surface area contributed by atoms with Gasteiger partial charge in [0.2, 0.25) is 0 Å². The van der Waals surface area contributed by atoms with E-state index in [0.717, 1.165) is 25.9 Å². The Morgan fingerprint density at radius 2 is 2.35 bits per heavy atom. The number of anilines is 1. The second-order valence-electron chi connectivity index (χ2n) is 4.66. The van der Waals surface area contributed by atoms with E-state index in [9.17, 15) is 4.79 Å². The van der Waals surface area contributed by atoms with E-state index in [0.29, 0.717) is 23.8 Å². The maximum absolute atomic E-state index is 11.8. The number of likely N-dealkylation sites (tertiary alicyclic amines) is 1. The first-order valence-corrected chi connectivity index (χ1v) is 5.92. The number of piperidine rings is 1. The van der Waals surface area contributed by atoms with Crippen LogP contribution in [0.1, 0.15) is 23.3 Å². The zero-order valence-electron chi connectivity index (χ0n) is 10.1. The molecule has 17 heavy (non-hydrogen) atoms. The molecular formula is C11H19N5O. The van der Waals surface area contributed by atoms with Crippen LogP contribution in [0.5, 0.6) is 0 Å². The minimum absolute atomic E-state index is 0.168. The van der Waals surface area contributed by atoms with E-state index in [1.165, 1.54) is 6.20 Å². The average Bonchev–Trinajstić information content (AvgIpc) is 2.74. The summed E-state index contributed by atoms with van der Waals surface area (Å²) in [6.45, 7) is 2.92. The van der Waals surface area contributed by atoms with E-state index in [2.05, 4.69) is 27.5 Å². The standard InChI is InChI=1S/C11H19N5O/c1-16-4-2-8(3-5-16)6-13-11(17)10-9(12)7-14-15-10/h7-8H,2-6,12H2,1H3,(H,13,17)(H,14,15). The van der Waals surface area contributed by atoms with Crippen LogP contribution in [0.15, 0.2) is 6.20 Å². The fourth-order valence-electron chi connectivity index (χ4n) is 2.07. The van der Waals surface area contributed by atoms with Crippen molar-refractivity contribution in [1.29, 1.82) is 0 Å². The molecule has 0 saturated carbocycles. The lowest BCUT2D eigenvalue weighted by atomic mass is 9.97. The Labute approximate surface area is 101 Å². The molecule has 1 amide bonds. The maximum Gasteiger partial charge on any atom is 0.271 e. The Kier molecular flexibility index (Phi) is 3.63. The number of nitrogen functional groups attached to an aromatic ring is 1. The number of nitrogens with two attached hydrogens (primary N) is 1. The second kappa shape index (κ2) is 5.18. The zero-order chi connectivity index (χ0) is 12.3. The molecular weight excluding hydrogens is 218 g/mol. The molecule has 1 aliphatic heterocycles. The highest BCUT2D eigenvalue weighted by Gasteiger charge is 2.18. The van der Waals surface area contributed by atoms with Crippen molar-refractivity contribution in [2.75, 3.05) is 32.4 Å². The summed E-state index contributed by atoms with van der Waals surface area (Å²) in [5, 5.41) is 9.24. The number of hydrogen-bond acceptors (Lipinski definition) is 4. The molecule has 0 aromatic carbocycles. The quantitative estimate of drug-likeness (QED) is 0.694. The zero-order valence-corrected chi connectivity index (χ0v) is 10.1. The summed E-state index contributed by atoms with van der Waals surface area (Å²) < 4.78 is 0. The Morgan fingerprint density at radius 3 is 2.94 bits per heavy atom. The Morgan fingerprint density at radius 1 is 1.65 bits per heavy atom. The van der Waals surface area contributed by atoms with Gasteiger partial charge in [0.15, 0.2) is 0 Å². The van der Waals surface area contributed by atoms with Gasteiger partial charge in [0, 0.05) is 6.54 Å². The minimum atomic E-state index is -0.168. The van der Waals surface area contributed by atoms with Crippen molar-refractivity contribution in [3.8, 4) is 0 Å². The van der Waals surface area contributed by atoms with Gasteiger partial charge in [0.1, 0.15) is 5.69 Å². The number of aromatic amines is 1. The summed E-state index contributed by atoms with van der Waals surface area (Å²) >= 11 is 0. The summed E-state index contributed by atoms with van der Waals surface area (Å²) in [7, 11) is 2.13. The molecule has 6 nitrogen and oxygen atoms in total. The van der Waals surface area contributed by atoms with Gasteiger partial charge in [-0.15, -0.1) is 0 Å². The Hall–Kier alpha value is -1.56. The minimum Gasteiger partial charge on any atom is -0.396 e. The topological polar surface area (TPSA) is 87.0 Å². The molecule has 1 aromatic rings. The van der Waals surface area contributed by atoms with Crippen LogP contribution in [-0.4, -0.2) is 47.7 Å². The number of hydrogen-bond donors (Lipinski definition) is 3. The molecule has 2 rings (SSSR count). The average molecular weight is 237 g/mol. The van der Waals surface area contributed by atoms with Gasteiger partial charge >= 0.3 is 0 Å². The van der Waals surface area contributed by atoms with Crippen LogP contribution in [-0.2, 0) is 0 Å². The molecule has 6 heteroatoms. The number of H-pyrrole nitrogens is 1. The number of carbonyl (C=O) groups is 1. The van der Waals surface area contributed by atoms with Crippen LogP contribution in [0.4, 0.5) is 5.69 Å². The fourth-order valence-corrected chi connectivity index (χ4v) is 2.07. The molecule has 4 N–H and O–H groups in total. The number of carbonyl (C=O) groups excluding carboxylic acids is 1. The predicted molar refractivity (Wildman–Crippen MR) is 65.6 cm³/mol. The number of nitrogens with zero attached hydrogens (tertiary/aromatic N) is 2. The summed E-state index contributed by atoms with van der Waals surface area (Å²) in [5.41, 5.74) is 6.36. The first-order chi connectivity index (χ1) is 8.16. The van der Waals surface area contributed by atoms with E-state index < -0.39 is 0 Å².